The molecule has 1 aromatic heterocycles. The summed E-state index contributed by atoms with van der Waals surface area (Å²) >= 11 is 1.79. The van der Waals surface area contributed by atoms with Crippen LogP contribution in [0.5, 0.6) is 11.5 Å². The molecule has 0 aliphatic carbocycles. The van der Waals surface area contributed by atoms with Crippen LogP contribution >= 0.6 is 11.3 Å². The average molecular weight is 375 g/mol. The first-order chi connectivity index (χ1) is 12.7. The molecule has 0 bridgehead atoms. The molecule has 1 aliphatic rings. The summed E-state index contributed by atoms with van der Waals surface area (Å²) in [6.07, 6.45) is 1.28. The zero-order valence-corrected chi connectivity index (χ0v) is 16.0. The van der Waals surface area contributed by atoms with Crippen molar-refractivity contribution in [1.29, 1.82) is 0 Å². The molecule has 2 aromatic rings. The van der Waals surface area contributed by atoms with Gasteiger partial charge in [-0.2, -0.15) is 0 Å². The highest BCUT2D eigenvalue weighted by Crippen LogP contribution is 2.17. The van der Waals surface area contributed by atoms with Crippen LogP contribution in [0.2, 0.25) is 0 Å². The van der Waals surface area contributed by atoms with Gasteiger partial charge in [0.1, 0.15) is 11.5 Å². The molecule has 1 aliphatic heterocycles. The summed E-state index contributed by atoms with van der Waals surface area (Å²) < 4.78 is 10.8. The highest BCUT2D eigenvalue weighted by atomic mass is 32.1. The van der Waals surface area contributed by atoms with Crippen LogP contribution < -0.4 is 9.47 Å². The molecule has 0 radical (unpaired) electrons. The number of ether oxygens (including phenoxy) is 2. The Labute approximate surface area is 159 Å². The fourth-order valence-electron chi connectivity index (χ4n) is 3.02. The van der Waals surface area contributed by atoms with E-state index in [2.05, 4.69) is 22.4 Å². The first-order valence-corrected chi connectivity index (χ1v) is 9.92. The monoisotopic (exact) mass is 374 g/mol. The summed E-state index contributed by atoms with van der Waals surface area (Å²) in [5.41, 5.74) is 0. The maximum absolute atomic E-state index is 12.4. The summed E-state index contributed by atoms with van der Waals surface area (Å²) in [6, 6.07) is 11.8. The number of piperazine rings is 1. The van der Waals surface area contributed by atoms with Crippen LogP contribution in [0.25, 0.3) is 0 Å². The summed E-state index contributed by atoms with van der Waals surface area (Å²) in [5.74, 6) is 1.85. The first kappa shape index (κ1) is 18.7. The molecule has 1 amide bonds. The lowest BCUT2D eigenvalue weighted by molar-refractivity contribution is -0.133. The maximum atomic E-state index is 12.4. The maximum Gasteiger partial charge on any atom is 0.222 e. The molecule has 140 valence electrons. The quantitative estimate of drug-likeness (QED) is 0.665. The van der Waals surface area contributed by atoms with Crippen molar-refractivity contribution in [2.75, 3.05) is 39.9 Å². The van der Waals surface area contributed by atoms with E-state index < -0.39 is 0 Å². The standard InChI is InChI=1S/C20H26N2O3S/c1-24-17-6-8-18(9-7-17)25-14-2-5-20(23)22-12-10-21(11-13-22)16-19-4-3-15-26-19/h3-4,6-9,15H,2,5,10-14,16H2,1H3. The van der Waals surface area contributed by atoms with Gasteiger partial charge in [0.25, 0.3) is 0 Å². The van der Waals surface area contributed by atoms with Crippen molar-refractivity contribution >= 4 is 17.2 Å². The van der Waals surface area contributed by atoms with Crippen molar-refractivity contribution in [2.45, 2.75) is 19.4 Å². The molecule has 1 aromatic carbocycles. The van der Waals surface area contributed by atoms with Crippen molar-refractivity contribution in [3.8, 4) is 11.5 Å². The number of benzene rings is 1. The average Bonchev–Trinajstić information content (AvgIpc) is 3.19. The van der Waals surface area contributed by atoms with Gasteiger partial charge in [0.15, 0.2) is 0 Å². The van der Waals surface area contributed by atoms with Gasteiger partial charge in [-0.1, -0.05) is 6.07 Å². The highest BCUT2D eigenvalue weighted by molar-refractivity contribution is 7.09. The van der Waals surface area contributed by atoms with E-state index in [9.17, 15) is 4.79 Å². The number of hydrogen-bond acceptors (Lipinski definition) is 5. The van der Waals surface area contributed by atoms with E-state index in [0.717, 1.165) is 50.6 Å². The second-order valence-corrected chi connectivity index (χ2v) is 7.40. The largest absolute Gasteiger partial charge is 0.497 e. The number of carbonyl (C=O) groups excluding carboxylic acids is 1. The number of carbonyl (C=O) groups is 1. The van der Waals surface area contributed by atoms with E-state index in [0.29, 0.717) is 13.0 Å². The van der Waals surface area contributed by atoms with E-state index in [-0.39, 0.29) is 5.91 Å². The van der Waals surface area contributed by atoms with Crippen LogP contribution in [0.3, 0.4) is 0 Å². The van der Waals surface area contributed by atoms with E-state index in [4.69, 9.17) is 9.47 Å². The van der Waals surface area contributed by atoms with E-state index in [1.165, 1.54) is 4.88 Å². The molecule has 26 heavy (non-hydrogen) atoms. The molecule has 0 N–H and O–H groups in total. The van der Waals surface area contributed by atoms with Gasteiger partial charge in [0.05, 0.1) is 13.7 Å². The Kier molecular flexibility index (Phi) is 6.91. The number of thiophene rings is 1. The summed E-state index contributed by atoms with van der Waals surface area (Å²) in [5, 5.41) is 2.11. The summed E-state index contributed by atoms with van der Waals surface area (Å²) in [4.78, 5) is 18.1. The van der Waals surface area contributed by atoms with Crippen molar-refractivity contribution in [1.82, 2.24) is 9.80 Å². The number of hydrogen-bond donors (Lipinski definition) is 0. The fourth-order valence-corrected chi connectivity index (χ4v) is 3.77. The van der Waals surface area contributed by atoms with Crippen molar-refractivity contribution in [3.63, 3.8) is 0 Å². The van der Waals surface area contributed by atoms with Crippen LogP contribution in [0.4, 0.5) is 0 Å². The molecule has 2 heterocycles. The molecular weight excluding hydrogens is 348 g/mol. The molecular formula is C20H26N2O3S. The zero-order chi connectivity index (χ0) is 18.2. The number of amides is 1. The van der Waals surface area contributed by atoms with E-state index in [1.54, 1.807) is 18.4 Å². The van der Waals surface area contributed by atoms with Crippen LogP contribution in [0, 0.1) is 0 Å². The Morgan fingerprint density at radius 1 is 1.08 bits per heavy atom. The number of nitrogens with zero attached hydrogens (tertiary/aromatic N) is 2. The molecule has 3 rings (SSSR count). The molecule has 6 heteroatoms. The van der Waals surface area contributed by atoms with E-state index >= 15 is 0 Å². The van der Waals surface area contributed by atoms with Gasteiger partial charge < -0.3 is 14.4 Å². The lowest BCUT2D eigenvalue weighted by Gasteiger charge is -2.34. The minimum absolute atomic E-state index is 0.235. The predicted molar refractivity (Wildman–Crippen MR) is 104 cm³/mol. The summed E-state index contributed by atoms with van der Waals surface area (Å²) in [7, 11) is 1.64. The first-order valence-electron chi connectivity index (χ1n) is 9.04. The van der Waals surface area contributed by atoms with Gasteiger partial charge >= 0.3 is 0 Å². The smallest absolute Gasteiger partial charge is 0.222 e. The normalized spacial score (nSPS) is 15.0. The Morgan fingerprint density at radius 2 is 1.81 bits per heavy atom. The SMILES string of the molecule is COc1ccc(OCCCC(=O)N2CCN(Cc3cccs3)CC2)cc1. The van der Waals surface area contributed by atoms with Gasteiger partial charge in [-0.25, -0.2) is 0 Å². The second kappa shape index (κ2) is 9.59. The molecule has 0 saturated carbocycles. The summed E-state index contributed by atoms with van der Waals surface area (Å²) in [6.45, 7) is 5.09. The number of rotatable bonds is 8. The van der Waals surface area contributed by atoms with Crippen LogP contribution in [-0.4, -0.2) is 55.6 Å². The second-order valence-electron chi connectivity index (χ2n) is 6.36. The Hall–Kier alpha value is -2.05. The van der Waals surface area contributed by atoms with E-state index in [1.807, 2.05) is 29.2 Å². The van der Waals surface area contributed by atoms with Crippen LogP contribution in [-0.2, 0) is 11.3 Å². The van der Waals surface area contributed by atoms with Crippen LogP contribution in [0.15, 0.2) is 41.8 Å². The van der Waals surface area contributed by atoms with Gasteiger partial charge in [-0.15, -0.1) is 11.3 Å². The topological polar surface area (TPSA) is 42.0 Å². The third kappa shape index (κ3) is 5.47. The Bertz CT molecular complexity index is 665. The van der Waals surface area contributed by atoms with Crippen LogP contribution in [0.1, 0.15) is 17.7 Å². The zero-order valence-electron chi connectivity index (χ0n) is 15.2. The molecule has 0 atom stereocenters. The third-order valence-electron chi connectivity index (χ3n) is 4.55. The fraction of sp³-hybridized carbons (Fsp3) is 0.450. The third-order valence-corrected chi connectivity index (χ3v) is 5.41. The molecule has 5 nitrogen and oxygen atoms in total. The van der Waals surface area contributed by atoms with Crippen molar-refractivity contribution < 1.29 is 14.3 Å². The minimum Gasteiger partial charge on any atom is -0.497 e. The van der Waals surface area contributed by atoms with Gasteiger partial charge in [-0.3, -0.25) is 9.69 Å². The minimum atomic E-state index is 0.235. The molecule has 0 spiro atoms. The lowest BCUT2D eigenvalue weighted by atomic mass is 10.2. The Balaban J connectivity index is 1.31. The highest BCUT2D eigenvalue weighted by Gasteiger charge is 2.20. The van der Waals surface area contributed by atoms with Gasteiger partial charge in [0.2, 0.25) is 5.91 Å². The van der Waals surface area contributed by atoms with Crippen molar-refractivity contribution in [3.05, 3.63) is 46.7 Å². The molecule has 1 saturated heterocycles. The Morgan fingerprint density at radius 3 is 2.46 bits per heavy atom. The predicted octanol–water partition coefficient (Wildman–Crippen LogP) is 3.26. The van der Waals surface area contributed by atoms with Crippen molar-refractivity contribution in [2.24, 2.45) is 0 Å². The lowest BCUT2D eigenvalue weighted by Crippen LogP contribution is -2.48. The number of methoxy groups -OCH3 is 1. The molecule has 1 fully saturated rings. The van der Waals surface area contributed by atoms with Gasteiger partial charge in [-0.05, 0) is 42.1 Å². The van der Waals surface area contributed by atoms with Gasteiger partial charge in [0, 0.05) is 44.0 Å². The molecule has 0 unspecified atom stereocenters.